The van der Waals surface area contributed by atoms with E-state index in [1.165, 1.54) is 6.07 Å². The number of hydrogen-bond donors (Lipinski definition) is 2. The van der Waals surface area contributed by atoms with Gasteiger partial charge in [-0.1, -0.05) is 18.2 Å². The lowest BCUT2D eigenvalue weighted by Gasteiger charge is -2.22. The van der Waals surface area contributed by atoms with Gasteiger partial charge in [0, 0.05) is 72.6 Å². The van der Waals surface area contributed by atoms with Gasteiger partial charge in [-0.25, -0.2) is 0 Å². The molecule has 2 aliphatic heterocycles. The molecule has 0 unspecified atom stereocenters. The number of aromatic hydroxyl groups is 2. The molecule has 0 atom stereocenters. The molecule has 3 aromatic carbocycles. The molecule has 7 nitrogen and oxygen atoms in total. The highest BCUT2D eigenvalue weighted by Gasteiger charge is 2.26. The maximum atomic E-state index is 13.1. The maximum absolute atomic E-state index is 13.1. The summed E-state index contributed by atoms with van der Waals surface area (Å²) in [5, 5.41) is 33.9. The van der Waals surface area contributed by atoms with E-state index >= 15 is 0 Å². The van der Waals surface area contributed by atoms with Crippen LogP contribution in [-0.2, 0) is 31.9 Å². The molecule has 0 bridgehead atoms. The number of carbonyl (C=O) groups is 2. The molecule has 2 heterocycles. The lowest BCUT2D eigenvalue weighted by atomic mass is 9.86. The first kappa shape index (κ1) is 24.2. The van der Waals surface area contributed by atoms with E-state index in [1.807, 2.05) is 0 Å². The third-order valence-electron chi connectivity index (χ3n) is 7.57. The van der Waals surface area contributed by atoms with Gasteiger partial charge in [0.2, 0.25) is 0 Å². The van der Waals surface area contributed by atoms with Crippen LogP contribution in [0.1, 0.15) is 42.4 Å². The molecule has 0 aromatic heterocycles. The summed E-state index contributed by atoms with van der Waals surface area (Å²) < 4.78 is 10.8. The standard InChI is InChI=1S/C29H29NO6/c30-16-17-12-21(15-25(32)19-6-10-36-11-7-19)27-23(13-17)28(33)22-3-1-2-20(26(22)29(27)34)14-24(31)18-4-8-35-9-5-18/h1-3,12-13,18-19,33-34H,4-11,14-15H2. The summed E-state index contributed by atoms with van der Waals surface area (Å²) in [5.41, 5.74) is 1.43. The van der Waals surface area contributed by atoms with Gasteiger partial charge < -0.3 is 19.7 Å². The first-order chi connectivity index (χ1) is 17.5. The topological polar surface area (TPSA) is 117 Å². The van der Waals surface area contributed by atoms with E-state index in [1.54, 1.807) is 24.3 Å². The number of nitriles is 1. The van der Waals surface area contributed by atoms with Crippen LogP contribution in [0.25, 0.3) is 21.5 Å². The normalized spacial score (nSPS) is 17.3. The summed E-state index contributed by atoms with van der Waals surface area (Å²) in [4.78, 5) is 26.2. The zero-order valence-electron chi connectivity index (χ0n) is 20.1. The first-order valence-corrected chi connectivity index (χ1v) is 12.5. The van der Waals surface area contributed by atoms with Crippen molar-refractivity contribution in [1.29, 1.82) is 5.26 Å². The van der Waals surface area contributed by atoms with E-state index in [0.717, 1.165) is 0 Å². The predicted octanol–water partition coefficient (Wildman–Crippen LogP) is 4.35. The SMILES string of the molecule is N#Cc1cc(CC(=O)C2CCOCC2)c2c(O)c3c(CC(=O)C4CCOCC4)cccc3c(O)c2c1. The Morgan fingerprint density at radius 2 is 1.36 bits per heavy atom. The van der Waals surface area contributed by atoms with Crippen LogP contribution < -0.4 is 0 Å². The van der Waals surface area contributed by atoms with Gasteiger partial charge in [-0.05, 0) is 48.9 Å². The molecule has 0 radical (unpaired) electrons. The molecule has 0 saturated carbocycles. The number of ether oxygens (including phenoxy) is 2. The Kier molecular flexibility index (Phi) is 6.90. The van der Waals surface area contributed by atoms with E-state index in [4.69, 9.17) is 9.47 Å². The Morgan fingerprint density at radius 1 is 0.806 bits per heavy atom. The highest BCUT2D eigenvalue weighted by Crippen LogP contribution is 2.45. The Morgan fingerprint density at radius 3 is 1.94 bits per heavy atom. The minimum absolute atomic E-state index is 0.0247. The van der Waals surface area contributed by atoms with Crippen LogP contribution in [0.2, 0.25) is 0 Å². The number of Topliss-reactive ketones (excluding diaryl/α,β-unsaturated/α-hetero) is 2. The van der Waals surface area contributed by atoms with Gasteiger partial charge in [-0.3, -0.25) is 9.59 Å². The summed E-state index contributed by atoms with van der Waals surface area (Å²) >= 11 is 0. The molecule has 0 amide bonds. The maximum Gasteiger partial charge on any atom is 0.140 e. The zero-order chi connectivity index (χ0) is 25.2. The summed E-state index contributed by atoms with van der Waals surface area (Å²) in [6.07, 6.45) is 2.82. The lowest BCUT2D eigenvalue weighted by Crippen LogP contribution is -2.25. The van der Waals surface area contributed by atoms with Gasteiger partial charge in [0.1, 0.15) is 23.1 Å². The number of hydrogen-bond acceptors (Lipinski definition) is 7. The Labute approximate surface area is 209 Å². The predicted molar refractivity (Wildman–Crippen MR) is 134 cm³/mol. The second-order valence-corrected chi connectivity index (χ2v) is 9.77. The number of rotatable bonds is 6. The van der Waals surface area contributed by atoms with Crippen molar-refractivity contribution in [2.45, 2.75) is 38.5 Å². The largest absolute Gasteiger partial charge is 0.507 e. The molecule has 2 fully saturated rings. The van der Waals surface area contributed by atoms with Gasteiger partial charge in [0.25, 0.3) is 0 Å². The van der Waals surface area contributed by atoms with E-state index in [9.17, 15) is 25.1 Å². The number of ketones is 2. The second-order valence-electron chi connectivity index (χ2n) is 9.77. The number of phenolic OH excluding ortho intramolecular Hbond substituents is 2. The molecule has 186 valence electrons. The molecule has 3 aromatic rings. The number of fused-ring (bicyclic) bond motifs is 2. The van der Waals surface area contributed by atoms with Crippen molar-refractivity contribution in [1.82, 2.24) is 0 Å². The third-order valence-corrected chi connectivity index (χ3v) is 7.57. The number of benzene rings is 3. The van der Waals surface area contributed by atoms with Crippen LogP contribution in [0.4, 0.5) is 0 Å². The molecule has 0 aliphatic carbocycles. The Bertz CT molecular complexity index is 1380. The van der Waals surface area contributed by atoms with Crippen LogP contribution in [0.5, 0.6) is 11.5 Å². The van der Waals surface area contributed by atoms with Gasteiger partial charge in [0.05, 0.1) is 11.6 Å². The van der Waals surface area contributed by atoms with Crippen LogP contribution in [0.15, 0.2) is 30.3 Å². The summed E-state index contributed by atoms with van der Waals surface area (Å²) in [5.74, 6) is -0.266. The highest BCUT2D eigenvalue weighted by atomic mass is 16.5. The average Bonchev–Trinajstić information content (AvgIpc) is 2.92. The molecular formula is C29H29NO6. The van der Waals surface area contributed by atoms with Crippen molar-refractivity contribution < 1.29 is 29.3 Å². The van der Waals surface area contributed by atoms with Crippen LogP contribution in [-0.4, -0.2) is 48.2 Å². The van der Waals surface area contributed by atoms with Crippen molar-refractivity contribution >= 4 is 33.1 Å². The molecule has 36 heavy (non-hydrogen) atoms. The second kappa shape index (κ2) is 10.3. The summed E-state index contributed by atoms with van der Waals surface area (Å²) in [7, 11) is 0. The fraction of sp³-hybridized carbons (Fsp3) is 0.414. The molecular weight excluding hydrogens is 458 g/mol. The van der Waals surface area contributed by atoms with Crippen molar-refractivity contribution in [2.24, 2.45) is 11.8 Å². The zero-order valence-corrected chi connectivity index (χ0v) is 20.1. The van der Waals surface area contributed by atoms with Gasteiger partial charge in [-0.2, -0.15) is 5.26 Å². The minimum atomic E-state index is -0.136. The van der Waals surface area contributed by atoms with E-state index < -0.39 is 0 Å². The van der Waals surface area contributed by atoms with Gasteiger partial charge in [-0.15, -0.1) is 0 Å². The van der Waals surface area contributed by atoms with E-state index in [0.29, 0.717) is 90.3 Å². The molecule has 2 N–H and O–H groups in total. The molecule has 2 saturated heterocycles. The Hall–Kier alpha value is -3.47. The molecule has 2 aliphatic rings. The van der Waals surface area contributed by atoms with Gasteiger partial charge >= 0.3 is 0 Å². The van der Waals surface area contributed by atoms with Crippen LogP contribution in [0, 0.1) is 23.2 Å². The number of phenols is 2. The number of carbonyl (C=O) groups excluding carboxylic acids is 2. The van der Waals surface area contributed by atoms with Crippen LogP contribution >= 0.6 is 0 Å². The number of nitrogens with zero attached hydrogens (tertiary/aromatic N) is 1. The van der Waals surface area contributed by atoms with Crippen molar-refractivity contribution in [2.75, 3.05) is 26.4 Å². The molecule has 7 heteroatoms. The minimum Gasteiger partial charge on any atom is -0.507 e. The quantitative estimate of drug-likeness (QED) is 0.392. The molecule has 5 rings (SSSR count). The highest BCUT2D eigenvalue weighted by molar-refractivity contribution is 6.14. The summed E-state index contributed by atoms with van der Waals surface area (Å²) in [6, 6.07) is 10.5. The van der Waals surface area contributed by atoms with E-state index in [2.05, 4.69) is 6.07 Å². The third kappa shape index (κ3) is 4.55. The fourth-order valence-corrected chi connectivity index (χ4v) is 5.57. The van der Waals surface area contributed by atoms with E-state index in [-0.39, 0.29) is 47.7 Å². The fourth-order valence-electron chi connectivity index (χ4n) is 5.57. The summed E-state index contributed by atoms with van der Waals surface area (Å²) in [6.45, 7) is 2.20. The van der Waals surface area contributed by atoms with Crippen molar-refractivity contribution in [3.63, 3.8) is 0 Å². The van der Waals surface area contributed by atoms with Crippen molar-refractivity contribution in [3.05, 3.63) is 47.0 Å². The smallest absolute Gasteiger partial charge is 0.140 e. The van der Waals surface area contributed by atoms with Crippen molar-refractivity contribution in [3.8, 4) is 17.6 Å². The molecule has 0 spiro atoms. The monoisotopic (exact) mass is 487 g/mol. The van der Waals surface area contributed by atoms with Gasteiger partial charge in [0.15, 0.2) is 0 Å². The lowest BCUT2D eigenvalue weighted by molar-refractivity contribution is -0.125. The Balaban J connectivity index is 1.62. The van der Waals surface area contributed by atoms with Crippen LogP contribution in [0.3, 0.4) is 0 Å². The first-order valence-electron chi connectivity index (χ1n) is 12.5. The average molecular weight is 488 g/mol.